The van der Waals surface area contributed by atoms with Crippen molar-refractivity contribution in [3.05, 3.63) is 94.5 Å². The van der Waals surface area contributed by atoms with Crippen LogP contribution in [0.3, 0.4) is 0 Å². The maximum Gasteiger partial charge on any atom is 0.292 e. The maximum absolute atomic E-state index is 12.9. The molecule has 1 atom stereocenters. The zero-order valence-corrected chi connectivity index (χ0v) is 18.1. The monoisotopic (exact) mass is 429 g/mol. The van der Waals surface area contributed by atoms with E-state index in [9.17, 15) is 14.9 Å². The Morgan fingerprint density at radius 1 is 0.938 bits per heavy atom. The van der Waals surface area contributed by atoms with E-state index in [2.05, 4.69) is 41.7 Å². The lowest BCUT2D eigenvalue weighted by Gasteiger charge is -2.33. The summed E-state index contributed by atoms with van der Waals surface area (Å²) in [5.41, 5.74) is 4.12. The van der Waals surface area contributed by atoms with E-state index in [0.29, 0.717) is 31.6 Å². The second kappa shape index (κ2) is 9.64. The highest BCUT2D eigenvalue weighted by molar-refractivity contribution is 5.79. The van der Waals surface area contributed by atoms with Crippen molar-refractivity contribution < 1.29 is 9.72 Å². The molecular weight excluding hydrogens is 402 g/mol. The molecule has 32 heavy (non-hydrogen) atoms. The average Bonchev–Trinajstić information content (AvgIpc) is 2.84. The Morgan fingerprint density at radius 2 is 1.53 bits per heavy atom. The first kappa shape index (κ1) is 21.6. The summed E-state index contributed by atoms with van der Waals surface area (Å²) in [4.78, 5) is 25.8. The highest BCUT2D eigenvalue weighted by atomic mass is 16.6. The van der Waals surface area contributed by atoms with E-state index in [1.54, 1.807) is 12.1 Å². The Balaban J connectivity index is 1.34. The van der Waals surface area contributed by atoms with E-state index >= 15 is 0 Å². The van der Waals surface area contributed by atoms with Gasteiger partial charge in [0.25, 0.3) is 5.69 Å². The molecule has 3 aromatic rings. The summed E-state index contributed by atoms with van der Waals surface area (Å²) in [7, 11) is 0. The number of nitro benzene ring substituents is 1. The molecule has 0 radical (unpaired) electrons. The molecule has 1 heterocycles. The Labute approximate surface area is 188 Å². The summed E-state index contributed by atoms with van der Waals surface area (Å²) in [6, 6.07) is 25.2. The second-order valence-electron chi connectivity index (χ2n) is 8.23. The average molecular weight is 430 g/mol. The quantitative estimate of drug-likeness (QED) is 0.423. The molecular formula is C26H27N3O3. The number of nitrogens with one attached hydrogen (secondary N) is 1. The number of benzene rings is 3. The van der Waals surface area contributed by atoms with Crippen LogP contribution in [-0.2, 0) is 4.79 Å². The number of nitrogens with zero attached hydrogens (tertiary/aromatic N) is 2. The van der Waals surface area contributed by atoms with Crippen LogP contribution in [0.1, 0.15) is 31.4 Å². The van der Waals surface area contributed by atoms with Crippen molar-refractivity contribution in [2.75, 3.05) is 18.0 Å². The molecule has 1 N–H and O–H groups in total. The Hall–Kier alpha value is -3.67. The number of carbonyl (C=O) groups excluding carboxylic acids is 1. The van der Waals surface area contributed by atoms with Crippen LogP contribution in [-0.4, -0.2) is 23.9 Å². The molecule has 6 heteroatoms. The lowest BCUT2D eigenvalue weighted by Crippen LogP contribution is -2.41. The molecule has 1 fully saturated rings. The van der Waals surface area contributed by atoms with Gasteiger partial charge in [0.1, 0.15) is 5.69 Å². The van der Waals surface area contributed by atoms with E-state index < -0.39 is 0 Å². The van der Waals surface area contributed by atoms with E-state index in [0.717, 1.165) is 11.1 Å². The van der Waals surface area contributed by atoms with Crippen LogP contribution in [0.15, 0.2) is 78.9 Å². The number of carbonyl (C=O) groups is 1. The second-order valence-corrected chi connectivity index (χ2v) is 8.23. The molecule has 1 unspecified atom stereocenters. The first-order chi connectivity index (χ1) is 15.5. The van der Waals surface area contributed by atoms with Gasteiger partial charge in [-0.15, -0.1) is 0 Å². The summed E-state index contributed by atoms with van der Waals surface area (Å²) in [5.74, 6) is -0.0353. The van der Waals surface area contributed by atoms with E-state index in [-0.39, 0.29) is 28.5 Å². The number of anilines is 1. The van der Waals surface area contributed by atoms with Crippen molar-refractivity contribution in [2.24, 2.45) is 5.92 Å². The zero-order valence-electron chi connectivity index (χ0n) is 18.1. The molecule has 1 saturated heterocycles. The van der Waals surface area contributed by atoms with Crippen molar-refractivity contribution in [3.8, 4) is 11.1 Å². The topological polar surface area (TPSA) is 75.5 Å². The van der Waals surface area contributed by atoms with Gasteiger partial charge in [0.05, 0.1) is 11.0 Å². The van der Waals surface area contributed by atoms with Gasteiger partial charge >= 0.3 is 0 Å². The van der Waals surface area contributed by atoms with E-state index in [1.807, 2.05) is 36.1 Å². The van der Waals surface area contributed by atoms with Gasteiger partial charge in [-0.25, -0.2) is 0 Å². The largest absolute Gasteiger partial charge is 0.366 e. The number of nitro groups is 1. The van der Waals surface area contributed by atoms with Crippen LogP contribution in [0, 0.1) is 16.0 Å². The smallest absolute Gasteiger partial charge is 0.292 e. The fourth-order valence-electron chi connectivity index (χ4n) is 4.28. The Morgan fingerprint density at radius 3 is 2.19 bits per heavy atom. The van der Waals surface area contributed by atoms with Gasteiger partial charge in [0.15, 0.2) is 0 Å². The van der Waals surface area contributed by atoms with Crippen LogP contribution in [0.25, 0.3) is 11.1 Å². The number of piperidine rings is 1. The minimum Gasteiger partial charge on any atom is -0.366 e. The van der Waals surface area contributed by atoms with Gasteiger partial charge in [-0.1, -0.05) is 66.7 Å². The van der Waals surface area contributed by atoms with Crippen LogP contribution in [0.2, 0.25) is 0 Å². The number of para-hydroxylation sites is 2. The summed E-state index contributed by atoms with van der Waals surface area (Å²) >= 11 is 0. The lowest BCUT2D eigenvalue weighted by molar-refractivity contribution is -0.384. The van der Waals surface area contributed by atoms with Crippen molar-refractivity contribution in [1.29, 1.82) is 0 Å². The van der Waals surface area contributed by atoms with Crippen LogP contribution < -0.4 is 10.2 Å². The maximum atomic E-state index is 12.9. The van der Waals surface area contributed by atoms with Crippen LogP contribution in [0.4, 0.5) is 11.4 Å². The summed E-state index contributed by atoms with van der Waals surface area (Å²) in [6.45, 7) is 3.25. The van der Waals surface area contributed by atoms with Gasteiger partial charge < -0.3 is 10.2 Å². The Kier molecular flexibility index (Phi) is 6.50. The lowest BCUT2D eigenvalue weighted by atomic mass is 9.94. The number of hydrogen-bond donors (Lipinski definition) is 1. The molecule has 0 aromatic heterocycles. The molecule has 1 aliphatic rings. The first-order valence-electron chi connectivity index (χ1n) is 11.0. The van der Waals surface area contributed by atoms with Crippen molar-refractivity contribution in [1.82, 2.24) is 5.32 Å². The summed E-state index contributed by atoms with van der Waals surface area (Å²) in [5, 5.41) is 14.5. The van der Waals surface area contributed by atoms with E-state index in [4.69, 9.17) is 0 Å². The van der Waals surface area contributed by atoms with Crippen LogP contribution in [0.5, 0.6) is 0 Å². The molecule has 0 spiro atoms. The number of rotatable bonds is 6. The van der Waals surface area contributed by atoms with Gasteiger partial charge in [0, 0.05) is 25.1 Å². The third-order valence-electron chi connectivity index (χ3n) is 6.16. The molecule has 0 bridgehead atoms. The third kappa shape index (κ3) is 4.80. The normalized spacial score (nSPS) is 15.2. The summed E-state index contributed by atoms with van der Waals surface area (Å²) < 4.78 is 0. The van der Waals surface area contributed by atoms with Gasteiger partial charge in [-0.05, 0) is 42.5 Å². The van der Waals surface area contributed by atoms with E-state index in [1.165, 1.54) is 11.6 Å². The fraction of sp³-hybridized carbons (Fsp3) is 0.269. The molecule has 6 nitrogen and oxygen atoms in total. The van der Waals surface area contributed by atoms with Gasteiger partial charge in [0.2, 0.25) is 5.91 Å². The minimum atomic E-state index is -0.348. The van der Waals surface area contributed by atoms with Crippen molar-refractivity contribution in [3.63, 3.8) is 0 Å². The highest BCUT2D eigenvalue weighted by Gasteiger charge is 2.28. The predicted octanol–water partition coefficient (Wildman–Crippen LogP) is 5.36. The molecule has 0 aliphatic carbocycles. The van der Waals surface area contributed by atoms with Gasteiger partial charge in [-0.2, -0.15) is 0 Å². The molecule has 164 valence electrons. The number of amides is 1. The molecule has 0 saturated carbocycles. The highest BCUT2D eigenvalue weighted by Crippen LogP contribution is 2.31. The number of hydrogen-bond acceptors (Lipinski definition) is 4. The standard InChI is InChI=1S/C26H27N3O3/c1-19(20-11-13-22(14-12-20)21-7-3-2-4-8-21)27-26(30)23-15-17-28(18-16-23)24-9-5-6-10-25(24)29(31)32/h2-14,19,23H,15-18H2,1H3,(H,27,30). The van der Waals surface area contributed by atoms with Gasteiger partial charge in [-0.3, -0.25) is 14.9 Å². The zero-order chi connectivity index (χ0) is 22.5. The first-order valence-corrected chi connectivity index (χ1v) is 11.0. The van der Waals surface area contributed by atoms with Crippen LogP contribution >= 0.6 is 0 Å². The van der Waals surface area contributed by atoms with Crippen molar-refractivity contribution in [2.45, 2.75) is 25.8 Å². The Bertz CT molecular complexity index is 1070. The summed E-state index contributed by atoms with van der Waals surface area (Å²) in [6.07, 6.45) is 1.36. The molecule has 3 aromatic carbocycles. The van der Waals surface area contributed by atoms with Crippen molar-refractivity contribution >= 4 is 17.3 Å². The fourth-order valence-corrected chi connectivity index (χ4v) is 4.28. The third-order valence-corrected chi connectivity index (χ3v) is 6.16. The predicted molar refractivity (Wildman–Crippen MR) is 126 cm³/mol. The molecule has 4 rings (SSSR count). The molecule has 1 amide bonds. The SMILES string of the molecule is CC(NC(=O)C1CCN(c2ccccc2[N+](=O)[O-])CC1)c1ccc(-c2ccccc2)cc1. The molecule has 1 aliphatic heterocycles. The minimum absolute atomic E-state index is 0.0480.